The highest BCUT2D eigenvalue weighted by Gasteiger charge is 2.40. The van der Waals surface area contributed by atoms with E-state index in [1.165, 1.54) is 5.56 Å². The van der Waals surface area contributed by atoms with Crippen LogP contribution in [0.15, 0.2) is 60.9 Å². The summed E-state index contributed by atoms with van der Waals surface area (Å²) in [6, 6.07) is 18.3. The molecule has 3 aromatic rings. The van der Waals surface area contributed by atoms with Crippen LogP contribution in [0.25, 0.3) is 0 Å². The molecular weight excluding hydrogens is 424 g/mol. The van der Waals surface area contributed by atoms with E-state index in [4.69, 9.17) is 15.9 Å². The highest BCUT2D eigenvalue weighted by Crippen LogP contribution is 2.40. The largest absolute Gasteiger partial charge is 0.488 e. The minimum absolute atomic E-state index is 0.0868. The predicted octanol–water partition coefficient (Wildman–Crippen LogP) is 4.12. The van der Waals surface area contributed by atoms with Gasteiger partial charge in [-0.3, -0.25) is 10.3 Å². The van der Waals surface area contributed by atoms with Crippen molar-refractivity contribution in [2.75, 3.05) is 30.3 Å². The number of aromatic nitrogens is 2. The number of nitrogen functional groups attached to an aromatic ring is 1. The molecule has 5 rings (SSSR count). The molecule has 1 aliphatic carbocycles. The molecular formula is C27H32N6O. The van der Waals surface area contributed by atoms with Crippen molar-refractivity contribution < 1.29 is 4.74 Å². The lowest BCUT2D eigenvalue weighted by molar-refractivity contribution is 0.200. The van der Waals surface area contributed by atoms with E-state index < -0.39 is 0 Å². The first-order valence-corrected chi connectivity index (χ1v) is 11.9. The second-order valence-electron chi connectivity index (χ2n) is 9.70. The number of rotatable bonds is 7. The lowest BCUT2D eigenvalue weighted by Crippen LogP contribution is -2.52. The lowest BCUT2D eigenvalue weighted by atomic mass is 10.0. The van der Waals surface area contributed by atoms with Crippen LogP contribution in [0.3, 0.4) is 0 Å². The molecule has 3 N–H and O–H groups in total. The standard InChI is InChI=1S/C27H32N6O/c1-19-16-32(17-20-6-4-3-5-7-20)12-13-33(19)25-15-24(30-18-31-25)26(29)22-14-21(8-9-23(22)28)34-27(2)10-11-27/h3-9,14-15,18-19,29H,10-13,16-17,28H2,1-2H3/t19-/m0/s1. The molecule has 2 aliphatic rings. The van der Waals surface area contributed by atoms with Crippen LogP contribution in [0.2, 0.25) is 0 Å². The quantitative estimate of drug-likeness (QED) is 0.411. The molecule has 1 aliphatic heterocycles. The average Bonchev–Trinajstić information content (AvgIpc) is 3.57. The minimum Gasteiger partial charge on any atom is -0.488 e. The molecule has 2 aromatic carbocycles. The Morgan fingerprint density at radius 1 is 1.12 bits per heavy atom. The molecule has 34 heavy (non-hydrogen) atoms. The van der Waals surface area contributed by atoms with Crippen LogP contribution in [-0.2, 0) is 6.54 Å². The smallest absolute Gasteiger partial charge is 0.132 e. The molecule has 1 saturated carbocycles. The van der Waals surface area contributed by atoms with E-state index in [1.54, 1.807) is 12.4 Å². The number of nitrogens with zero attached hydrogens (tertiary/aromatic N) is 4. The second kappa shape index (κ2) is 9.06. The predicted molar refractivity (Wildman–Crippen MR) is 136 cm³/mol. The van der Waals surface area contributed by atoms with Gasteiger partial charge in [-0.2, -0.15) is 0 Å². The molecule has 2 heterocycles. The maximum atomic E-state index is 8.82. The van der Waals surface area contributed by atoms with Gasteiger partial charge in [-0.1, -0.05) is 30.3 Å². The number of benzene rings is 2. The summed E-state index contributed by atoms with van der Waals surface area (Å²) >= 11 is 0. The molecule has 2 fully saturated rings. The Bertz CT molecular complexity index is 1180. The monoisotopic (exact) mass is 456 g/mol. The highest BCUT2D eigenvalue weighted by molar-refractivity contribution is 6.13. The number of piperazine rings is 1. The van der Waals surface area contributed by atoms with Crippen molar-refractivity contribution >= 4 is 17.2 Å². The van der Waals surface area contributed by atoms with Crippen molar-refractivity contribution in [3.05, 3.63) is 77.7 Å². The third kappa shape index (κ3) is 4.89. The van der Waals surface area contributed by atoms with Crippen LogP contribution >= 0.6 is 0 Å². The molecule has 0 bridgehead atoms. The third-order valence-electron chi connectivity index (χ3n) is 6.78. The molecule has 7 heteroatoms. The van der Waals surface area contributed by atoms with Gasteiger partial charge >= 0.3 is 0 Å². The molecule has 7 nitrogen and oxygen atoms in total. The Kier molecular flexibility index (Phi) is 5.96. The van der Waals surface area contributed by atoms with Crippen molar-refractivity contribution in [1.82, 2.24) is 14.9 Å². The number of nitrogens with two attached hydrogens (primary N) is 1. The molecule has 1 saturated heterocycles. The maximum Gasteiger partial charge on any atom is 0.132 e. The summed E-state index contributed by atoms with van der Waals surface area (Å²) in [5.74, 6) is 1.59. The first-order chi connectivity index (χ1) is 16.4. The zero-order valence-electron chi connectivity index (χ0n) is 19.9. The molecule has 176 valence electrons. The first-order valence-electron chi connectivity index (χ1n) is 11.9. The van der Waals surface area contributed by atoms with Gasteiger partial charge in [0.05, 0.1) is 11.4 Å². The van der Waals surface area contributed by atoms with Gasteiger partial charge in [0.2, 0.25) is 0 Å². The van der Waals surface area contributed by atoms with Crippen molar-refractivity contribution in [1.29, 1.82) is 5.41 Å². The first kappa shape index (κ1) is 22.3. The van der Waals surface area contributed by atoms with Crippen LogP contribution in [0.1, 0.15) is 43.5 Å². The molecule has 0 amide bonds. The summed E-state index contributed by atoms with van der Waals surface area (Å²) in [7, 11) is 0. The normalized spacial score (nSPS) is 19.6. The number of ether oxygens (including phenoxy) is 1. The summed E-state index contributed by atoms with van der Waals surface area (Å²) in [5.41, 5.74) is 9.50. The summed E-state index contributed by atoms with van der Waals surface area (Å²) in [4.78, 5) is 13.7. The molecule has 0 spiro atoms. The Morgan fingerprint density at radius 3 is 2.65 bits per heavy atom. The van der Waals surface area contributed by atoms with Crippen LogP contribution < -0.4 is 15.4 Å². The highest BCUT2D eigenvalue weighted by atomic mass is 16.5. The summed E-state index contributed by atoms with van der Waals surface area (Å²) < 4.78 is 6.08. The van der Waals surface area contributed by atoms with E-state index in [2.05, 4.69) is 63.9 Å². The fraction of sp³-hybridized carbons (Fsp3) is 0.370. The fourth-order valence-corrected chi connectivity index (χ4v) is 4.52. The van der Waals surface area contributed by atoms with Crippen LogP contribution in [-0.4, -0.2) is 51.9 Å². The Labute approximate surface area is 201 Å². The second-order valence-corrected chi connectivity index (χ2v) is 9.70. The lowest BCUT2D eigenvalue weighted by Gasteiger charge is -2.40. The topological polar surface area (TPSA) is 91.4 Å². The number of hydrogen-bond donors (Lipinski definition) is 2. The summed E-state index contributed by atoms with van der Waals surface area (Å²) in [5, 5.41) is 8.82. The van der Waals surface area contributed by atoms with E-state index in [-0.39, 0.29) is 11.3 Å². The fourth-order valence-electron chi connectivity index (χ4n) is 4.52. The van der Waals surface area contributed by atoms with Crippen molar-refractivity contribution in [2.45, 2.75) is 44.9 Å². The van der Waals surface area contributed by atoms with Gasteiger partial charge in [0.25, 0.3) is 0 Å². The Hall–Kier alpha value is -3.45. The molecule has 0 radical (unpaired) electrons. The van der Waals surface area contributed by atoms with Gasteiger partial charge in [-0.15, -0.1) is 0 Å². The van der Waals surface area contributed by atoms with Crippen LogP contribution in [0, 0.1) is 5.41 Å². The number of nitrogens with one attached hydrogen (secondary N) is 1. The number of hydrogen-bond acceptors (Lipinski definition) is 7. The number of anilines is 2. The zero-order valence-corrected chi connectivity index (χ0v) is 19.9. The maximum absolute atomic E-state index is 8.82. The third-order valence-corrected chi connectivity index (χ3v) is 6.78. The average molecular weight is 457 g/mol. The van der Waals surface area contributed by atoms with Crippen LogP contribution in [0.5, 0.6) is 5.75 Å². The van der Waals surface area contributed by atoms with Gasteiger partial charge in [-0.05, 0) is 50.5 Å². The molecule has 1 aromatic heterocycles. The molecule has 0 unspecified atom stereocenters. The summed E-state index contributed by atoms with van der Waals surface area (Å²) in [6.07, 6.45) is 3.65. The van der Waals surface area contributed by atoms with Crippen LogP contribution in [0.4, 0.5) is 11.5 Å². The van der Waals surface area contributed by atoms with Crippen molar-refractivity contribution in [2.24, 2.45) is 0 Å². The summed E-state index contributed by atoms with van der Waals surface area (Å²) in [6.45, 7) is 8.07. The van der Waals surface area contributed by atoms with Gasteiger partial charge in [0, 0.05) is 49.5 Å². The van der Waals surface area contributed by atoms with E-state index in [0.29, 0.717) is 23.0 Å². The SMILES string of the molecule is C[C@H]1CN(Cc2ccccc2)CCN1c1cc(C(=N)c2cc(OC3(C)CC3)ccc2N)ncn1. The van der Waals surface area contributed by atoms with Crippen molar-refractivity contribution in [3.63, 3.8) is 0 Å². The van der Waals surface area contributed by atoms with Gasteiger partial charge < -0.3 is 15.4 Å². The van der Waals surface area contributed by atoms with Gasteiger partial charge in [0.1, 0.15) is 23.5 Å². The van der Waals surface area contributed by atoms with Gasteiger partial charge in [-0.25, -0.2) is 9.97 Å². The Balaban J connectivity index is 1.30. The zero-order chi connectivity index (χ0) is 23.7. The van der Waals surface area contributed by atoms with E-state index in [9.17, 15) is 0 Å². The van der Waals surface area contributed by atoms with E-state index in [0.717, 1.165) is 50.6 Å². The molecule has 1 atom stereocenters. The van der Waals surface area contributed by atoms with Crippen molar-refractivity contribution in [3.8, 4) is 5.75 Å². The van der Waals surface area contributed by atoms with E-state index in [1.807, 2.05) is 18.2 Å². The van der Waals surface area contributed by atoms with E-state index >= 15 is 0 Å². The Morgan fingerprint density at radius 2 is 1.91 bits per heavy atom. The van der Waals surface area contributed by atoms with Gasteiger partial charge in [0.15, 0.2) is 0 Å². The minimum atomic E-state index is -0.0868.